The van der Waals surface area contributed by atoms with Gasteiger partial charge < -0.3 is 4.74 Å². The quantitative estimate of drug-likeness (QED) is 0.475. The standard InChI is InChI=1S/C9H12NO2/c1-8(11)12-7-9-4-3-5-10(2)6-9/h3-6H,7H2,1-2H3/q+1. The smallest absolute Gasteiger partial charge is 0.302 e. The van der Waals surface area contributed by atoms with E-state index in [4.69, 9.17) is 4.74 Å². The average Bonchev–Trinajstić information content (AvgIpc) is 2.01. The zero-order valence-electron chi connectivity index (χ0n) is 7.28. The molecule has 1 aromatic heterocycles. The Hall–Kier alpha value is -1.38. The van der Waals surface area contributed by atoms with Gasteiger partial charge in [-0.25, -0.2) is 4.57 Å². The van der Waals surface area contributed by atoms with E-state index in [2.05, 4.69) is 0 Å². The summed E-state index contributed by atoms with van der Waals surface area (Å²) in [6.07, 6.45) is 3.85. The van der Waals surface area contributed by atoms with Crippen LogP contribution in [0, 0.1) is 0 Å². The predicted octanol–water partition coefficient (Wildman–Crippen LogP) is 0.574. The Labute approximate surface area is 71.6 Å². The molecule has 64 valence electrons. The summed E-state index contributed by atoms with van der Waals surface area (Å²) in [6, 6.07) is 3.84. The Kier molecular flexibility index (Phi) is 2.80. The number of aromatic nitrogens is 1. The van der Waals surface area contributed by atoms with Crippen LogP contribution in [0.2, 0.25) is 0 Å². The van der Waals surface area contributed by atoms with Gasteiger partial charge in [0.05, 0.1) is 5.56 Å². The van der Waals surface area contributed by atoms with Crippen molar-refractivity contribution in [3.05, 3.63) is 30.1 Å². The molecule has 0 aliphatic rings. The maximum atomic E-state index is 10.5. The zero-order chi connectivity index (χ0) is 8.97. The molecule has 0 aromatic carbocycles. The summed E-state index contributed by atoms with van der Waals surface area (Å²) in [5.74, 6) is -0.249. The fraction of sp³-hybridized carbons (Fsp3) is 0.333. The monoisotopic (exact) mass is 166 g/mol. The second kappa shape index (κ2) is 3.85. The third kappa shape index (κ3) is 2.70. The lowest BCUT2D eigenvalue weighted by Crippen LogP contribution is -2.27. The molecule has 1 aromatic rings. The molecule has 0 amide bonds. The van der Waals surface area contributed by atoms with E-state index < -0.39 is 0 Å². The van der Waals surface area contributed by atoms with Gasteiger partial charge in [-0.2, -0.15) is 0 Å². The summed E-state index contributed by atoms with van der Waals surface area (Å²) in [7, 11) is 1.93. The molecule has 1 heterocycles. The number of aryl methyl sites for hydroxylation is 1. The number of esters is 1. The van der Waals surface area contributed by atoms with Crippen LogP contribution in [-0.2, 0) is 23.2 Å². The third-order valence-electron chi connectivity index (χ3n) is 1.44. The van der Waals surface area contributed by atoms with Crippen molar-refractivity contribution < 1.29 is 14.1 Å². The first-order valence-electron chi connectivity index (χ1n) is 3.76. The minimum Gasteiger partial charge on any atom is -0.461 e. The van der Waals surface area contributed by atoms with Gasteiger partial charge in [0.2, 0.25) is 0 Å². The summed E-state index contributed by atoms with van der Waals surface area (Å²) in [5.41, 5.74) is 0.996. The minimum atomic E-state index is -0.249. The maximum Gasteiger partial charge on any atom is 0.302 e. The van der Waals surface area contributed by atoms with Gasteiger partial charge in [0, 0.05) is 13.0 Å². The van der Waals surface area contributed by atoms with Gasteiger partial charge in [0.15, 0.2) is 12.4 Å². The van der Waals surface area contributed by atoms with E-state index >= 15 is 0 Å². The molecule has 3 heteroatoms. The molecule has 0 spiro atoms. The lowest BCUT2D eigenvalue weighted by atomic mass is 10.3. The van der Waals surface area contributed by atoms with Gasteiger partial charge in [-0.3, -0.25) is 4.79 Å². The summed E-state index contributed by atoms with van der Waals surface area (Å²) in [4.78, 5) is 10.5. The summed E-state index contributed by atoms with van der Waals surface area (Å²) in [6.45, 7) is 1.76. The molecule has 0 aliphatic carbocycles. The predicted molar refractivity (Wildman–Crippen MR) is 43.1 cm³/mol. The Morgan fingerprint density at radius 1 is 1.67 bits per heavy atom. The number of hydrogen-bond acceptors (Lipinski definition) is 2. The Morgan fingerprint density at radius 3 is 3.00 bits per heavy atom. The van der Waals surface area contributed by atoms with Crippen LogP contribution in [0.5, 0.6) is 0 Å². The van der Waals surface area contributed by atoms with E-state index in [0.29, 0.717) is 6.61 Å². The van der Waals surface area contributed by atoms with Crippen LogP contribution in [-0.4, -0.2) is 5.97 Å². The Balaban J connectivity index is 2.57. The second-order valence-corrected chi connectivity index (χ2v) is 2.66. The molecule has 0 fully saturated rings. The van der Waals surface area contributed by atoms with Crippen molar-refractivity contribution in [2.24, 2.45) is 7.05 Å². The van der Waals surface area contributed by atoms with E-state index in [-0.39, 0.29) is 5.97 Å². The first-order valence-corrected chi connectivity index (χ1v) is 3.76. The zero-order valence-corrected chi connectivity index (χ0v) is 7.28. The molecular weight excluding hydrogens is 154 g/mol. The topological polar surface area (TPSA) is 30.2 Å². The van der Waals surface area contributed by atoms with E-state index in [9.17, 15) is 4.79 Å². The SMILES string of the molecule is CC(=O)OCc1ccc[n+](C)c1. The van der Waals surface area contributed by atoms with Gasteiger partial charge in [0.25, 0.3) is 0 Å². The lowest BCUT2D eigenvalue weighted by molar-refractivity contribution is -0.672. The van der Waals surface area contributed by atoms with Crippen molar-refractivity contribution in [2.75, 3.05) is 0 Å². The van der Waals surface area contributed by atoms with Crippen LogP contribution in [0.15, 0.2) is 24.5 Å². The average molecular weight is 166 g/mol. The largest absolute Gasteiger partial charge is 0.461 e. The molecule has 0 atom stereocenters. The Morgan fingerprint density at radius 2 is 2.42 bits per heavy atom. The molecule has 0 N–H and O–H groups in total. The number of carbonyl (C=O) groups is 1. The fourth-order valence-corrected chi connectivity index (χ4v) is 0.920. The minimum absolute atomic E-state index is 0.249. The van der Waals surface area contributed by atoms with Crippen molar-refractivity contribution in [3.63, 3.8) is 0 Å². The highest BCUT2D eigenvalue weighted by molar-refractivity contribution is 5.65. The molecule has 3 nitrogen and oxygen atoms in total. The van der Waals surface area contributed by atoms with Gasteiger partial charge in [-0.1, -0.05) is 0 Å². The van der Waals surface area contributed by atoms with Crippen molar-refractivity contribution in [1.82, 2.24) is 0 Å². The van der Waals surface area contributed by atoms with Gasteiger partial charge in [-0.05, 0) is 6.07 Å². The van der Waals surface area contributed by atoms with Crippen LogP contribution >= 0.6 is 0 Å². The highest BCUT2D eigenvalue weighted by Crippen LogP contribution is 1.96. The van der Waals surface area contributed by atoms with Gasteiger partial charge in [-0.15, -0.1) is 0 Å². The van der Waals surface area contributed by atoms with Crippen LogP contribution < -0.4 is 4.57 Å². The molecule has 0 unspecified atom stereocenters. The van der Waals surface area contributed by atoms with Gasteiger partial charge >= 0.3 is 5.97 Å². The first-order chi connectivity index (χ1) is 5.68. The van der Waals surface area contributed by atoms with Crippen LogP contribution in [0.3, 0.4) is 0 Å². The number of nitrogens with zero attached hydrogens (tertiary/aromatic N) is 1. The van der Waals surface area contributed by atoms with Crippen molar-refractivity contribution in [3.8, 4) is 0 Å². The third-order valence-corrected chi connectivity index (χ3v) is 1.44. The second-order valence-electron chi connectivity index (χ2n) is 2.66. The molecule has 1 rings (SSSR count). The molecular formula is C9H12NO2+. The van der Waals surface area contributed by atoms with Crippen LogP contribution in [0.1, 0.15) is 12.5 Å². The van der Waals surface area contributed by atoms with Gasteiger partial charge in [0.1, 0.15) is 13.7 Å². The van der Waals surface area contributed by atoms with Crippen molar-refractivity contribution in [1.29, 1.82) is 0 Å². The van der Waals surface area contributed by atoms with Crippen molar-refractivity contribution >= 4 is 5.97 Å². The molecule has 0 bridgehead atoms. The number of carbonyl (C=O) groups excluding carboxylic acids is 1. The molecule has 0 saturated heterocycles. The highest BCUT2D eigenvalue weighted by Gasteiger charge is 1.99. The number of rotatable bonds is 2. The van der Waals surface area contributed by atoms with Crippen LogP contribution in [0.4, 0.5) is 0 Å². The van der Waals surface area contributed by atoms with E-state index in [0.717, 1.165) is 5.56 Å². The maximum absolute atomic E-state index is 10.5. The Bertz CT molecular complexity index is 284. The number of pyridine rings is 1. The normalized spacial score (nSPS) is 9.50. The summed E-state index contributed by atoms with van der Waals surface area (Å²) in [5, 5.41) is 0. The number of hydrogen-bond donors (Lipinski definition) is 0. The van der Waals surface area contributed by atoms with E-state index in [1.165, 1.54) is 6.92 Å². The molecule has 0 radical (unpaired) electrons. The molecule has 0 aliphatic heterocycles. The molecule has 0 saturated carbocycles. The molecule has 12 heavy (non-hydrogen) atoms. The highest BCUT2D eigenvalue weighted by atomic mass is 16.5. The summed E-state index contributed by atoms with van der Waals surface area (Å²) >= 11 is 0. The first kappa shape index (κ1) is 8.71. The van der Waals surface area contributed by atoms with E-state index in [1.54, 1.807) is 0 Å². The lowest BCUT2D eigenvalue weighted by Gasteiger charge is -1.99. The van der Waals surface area contributed by atoms with Crippen molar-refractivity contribution in [2.45, 2.75) is 13.5 Å². The number of ether oxygens (including phenoxy) is 1. The van der Waals surface area contributed by atoms with Crippen LogP contribution in [0.25, 0.3) is 0 Å². The summed E-state index contributed by atoms with van der Waals surface area (Å²) < 4.78 is 6.75. The van der Waals surface area contributed by atoms with E-state index in [1.807, 2.05) is 36.1 Å². The fourth-order valence-electron chi connectivity index (χ4n) is 0.920.